The molecule has 94 valence electrons. The van der Waals surface area contributed by atoms with E-state index in [0.717, 1.165) is 0 Å². The Labute approximate surface area is 104 Å². The van der Waals surface area contributed by atoms with Crippen LogP contribution in [0.5, 0.6) is 5.75 Å². The molecule has 0 aromatic carbocycles. The molecule has 0 radical (unpaired) electrons. The van der Waals surface area contributed by atoms with Crippen LogP contribution in [0.15, 0.2) is 11.4 Å². The molecule has 0 saturated carbocycles. The van der Waals surface area contributed by atoms with Crippen LogP contribution in [-0.4, -0.2) is 55.3 Å². The van der Waals surface area contributed by atoms with Crippen molar-refractivity contribution in [2.75, 3.05) is 27.2 Å². The van der Waals surface area contributed by atoms with Crippen molar-refractivity contribution in [1.82, 2.24) is 10.2 Å². The topological polar surface area (TPSA) is 61.8 Å². The highest BCUT2D eigenvalue weighted by Gasteiger charge is 2.31. The van der Waals surface area contributed by atoms with Gasteiger partial charge in [0.15, 0.2) is 0 Å². The van der Waals surface area contributed by atoms with Crippen LogP contribution in [0.25, 0.3) is 0 Å². The molecule has 0 aliphatic carbocycles. The number of rotatable bonds is 3. The van der Waals surface area contributed by atoms with Crippen LogP contribution in [0.3, 0.4) is 0 Å². The number of aliphatic hydroxyl groups excluding tert-OH is 1. The van der Waals surface area contributed by atoms with Gasteiger partial charge in [0.25, 0.3) is 5.91 Å². The summed E-state index contributed by atoms with van der Waals surface area (Å²) in [6.07, 6.45) is -0.495. The summed E-state index contributed by atoms with van der Waals surface area (Å²) in [5.41, 5.74) is 0. The molecule has 1 amide bonds. The minimum Gasteiger partial charge on any atom is -0.496 e. The Bertz CT molecular complexity index is 407. The van der Waals surface area contributed by atoms with Crippen LogP contribution in [0.4, 0.5) is 0 Å². The summed E-state index contributed by atoms with van der Waals surface area (Å²) in [5.74, 6) is 0.614. The van der Waals surface area contributed by atoms with Crippen molar-refractivity contribution in [3.63, 3.8) is 0 Å². The Kier molecular flexibility index (Phi) is 3.66. The van der Waals surface area contributed by atoms with Crippen molar-refractivity contribution in [2.24, 2.45) is 0 Å². The monoisotopic (exact) mass is 256 g/mol. The summed E-state index contributed by atoms with van der Waals surface area (Å²) in [6.45, 7) is 1.17. The van der Waals surface area contributed by atoms with Gasteiger partial charge >= 0.3 is 0 Å². The third kappa shape index (κ3) is 2.43. The number of carbonyl (C=O) groups excluding carboxylic acids is 1. The van der Waals surface area contributed by atoms with Gasteiger partial charge in [-0.2, -0.15) is 0 Å². The second-order valence-corrected chi connectivity index (χ2v) is 4.97. The number of carbonyl (C=O) groups is 1. The normalized spacial score (nSPS) is 23.7. The molecule has 2 atom stereocenters. The number of nitrogens with zero attached hydrogens (tertiary/aromatic N) is 1. The van der Waals surface area contributed by atoms with Gasteiger partial charge in [-0.05, 0) is 0 Å². The molecule has 0 unspecified atom stereocenters. The predicted molar refractivity (Wildman–Crippen MR) is 65.6 cm³/mol. The highest BCUT2D eigenvalue weighted by atomic mass is 32.1. The van der Waals surface area contributed by atoms with Gasteiger partial charge in [0, 0.05) is 31.6 Å². The second-order valence-electron chi connectivity index (χ2n) is 4.06. The number of amides is 1. The molecular weight excluding hydrogens is 240 g/mol. The molecule has 1 aliphatic rings. The Morgan fingerprint density at radius 3 is 2.94 bits per heavy atom. The van der Waals surface area contributed by atoms with Gasteiger partial charge in [-0.25, -0.2) is 0 Å². The van der Waals surface area contributed by atoms with E-state index in [4.69, 9.17) is 4.74 Å². The zero-order valence-corrected chi connectivity index (χ0v) is 10.7. The summed E-state index contributed by atoms with van der Waals surface area (Å²) in [5, 5.41) is 14.6. The summed E-state index contributed by atoms with van der Waals surface area (Å²) in [4.78, 5) is 14.4. The van der Waals surface area contributed by atoms with Gasteiger partial charge in [-0.15, -0.1) is 11.3 Å². The average molecular weight is 256 g/mol. The lowest BCUT2D eigenvalue weighted by atomic mass is 10.2. The van der Waals surface area contributed by atoms with Crippen LogP contribution in [0, 0.1) is 0 Å². The Morgan fingerprint density at radius 2 is 2.41 bits per heavy atom. The fraction of sp³-hybridized carbons (Fsp3) is 0.545. The first kappa shape index (κ1) is 12.3. The van der Waals surface area contributed by atoms with Gasteiger partial charge in [0.05, 0.1) is 24.1 Å². The van der Waals surface area contributed by atoms with E-state index in [1.165, 1.54) is 11.3 Å². The molecular formula is C11H16N2O3S. The van der Waals surface area contributed by atoms with Crippen LogP contribution < -0.4 is 10.1 Å². The van der Waals surface area contributed by atoms with Crippen LogP contribution in [0.1, 0.15) is 9.67 Å². The maximum atomic E-state index is 12.1. The number of aliphatic hydroxyl groups is 1. The number of β-amino-alcohol motifs (C(OH)–C–C–N with tert-alkyl or cyclic N) is 1. The van der Waals surface area contributed by atoms with E-state index in [1.807, 2.05) is 0 Å². The molecule has 0 spiro atoms. The maximum Gasteiger partial charge on any atom is 0.264 e. The number of ether oxygens (including phenoxy) is 1. The SMILES string of the molecule is COc1csc(C(=O)N(C)[C@@H]2CNC[C@H]2O)c1. The minimum absolute atomic E-state index is 0.0777. The first-order chi connectivity index (χ1) is 8.13. The highest BCUT2D eigenvalue weighted by molar-refractivity contribution is 7.12. The van der Waals surface area contributed by atoms with E-state index in [-0.39, 0.29) is 11.9 Å². The number of methoxy groups -OCH3 is 1. The van der Waals surface area contributed by atoms with Crippen molar-refractivity contribution in [1.29, 1.82) is 0 Å². The van der Waals surface area contributed by atoms with E-state index < -0.39 is 6.10 Å². The second kappa shape index (κ2) is 5.03. The van der Waals surface area contributed by atoms with E-state index in [2.05, 4.69) is 5.32 Å². The molecule has 0 bridgehead atoms. The van der Waals surface area contributed by atoms with Crippen LogP contribution in [0.2, 0.25) is 0 Å². The molecule has 5 nitrogen and oxygen atoms in total. The van der Waals surface area contributed by atoms with E-state index >= 15 is 0 Å². The van der Waals surface area contributed by atoms with Gasteiger partial charge in [-0.3, -0.25) is 4.79 Å². The van der Waals surface area contributed by atoms with Crippen molar-refractivity contribution in [3.8, 4) is 5.75 Å². The summed E-state index contributed by atoms with van der Waals surface area (Å²) < 4.78 is 5.05. The van der Waals surface area contributed by atoms with Crippen molar-refractivity contribution in [2.45, 2.75) is 12.1 Å². The number of nitrogens with one attached hydrogen (secondary N) is 1. The average Bonchev–Trinajstić information content (AvgIpc) is 2.95. The molecule has 1 aromatic rings. The van der Waals surface area contributed by atoms with E-state index in [1.54, 1.807) is 30.5 Å². The molecule has 2 N–H and O–H groups in total. The molecule has 17 heavy (non-hydrogen) atoms. The Balaban J connectivity index is 2.08. The minimum atomic E-state index is -0.495. The van der Waals surface area contributed by atoms with Crippen molar-refractivity contribution < 1.29 is 14.6 Å². The Morgan fingerprint density at radius 1 is 1.65 bits per heavy atom. The summed E-state index contributed by atoms with van der Waals surface area (Å²) in [6, 6.07) is 1.56. The lowest BCUT2D eigenvalue weighted by Crippen LogP contribution is -2.44. The summed E-state index contributed by atoms with van der Waals surface area (Å²) >= 11 is 1.35. The van der Waals surface area contributed by atoms with Crippen molar-refractivity contribution >= 4 is 17.2 Å². The highest BCUT2D eigenvalue weighted by Crippen LogP contribution is 2.23. The maximum absolute atomic E-state index is 12.1. The first-order valence-corrected chi connectivity index (χ1v) is 6.30. The molecule has 1 aromatic heterocycles. The van der Waals surface area contributed by atoms with Gasteiger partial charge in [-0.1, -0.05) is 0 Å². The third-order valence-corrected chi connectivity index (χ3v) is 3.89. The third-order valence-electron chi connectivity index (χ3n) is 2.99. The largest absolute Gasteiger partial charge is 0.496 e. The summed E-state index contributed by atoms with van der Waals surface area (Å²) in [7, 11) is 3.29. The molecule has 1 fully saturated rings. The lowest BCUT2D eigenvalue weighted by molar-refractivity contribution is 0.0585. The molecule has 1 saturated heterocycles. The van der Waals surface area contributed by atoms with Crippen LogP contribution in [-0.2, 0) is 0 Å². The number of hydrogen-bond acceptors (Lipinski definition) is 5. The van der Waals surface area contributed by atoms with Gasteiger partial charge in [0.2, 0.25) is 0 Å². The van der Waals surface area contributed by atoms with Crippen LogP contribution >= 0.6 is 11.3 Å². The zero-order valence-electron chi connectivity index (χ0n) is 9.84. The fourth-order valence-corrected chi connectivity index (χ4v) is 2.75. The van der Waals surface area contributed by atoms with E-state index in [0.29, 0.717) is 23.7 Å². The van der Waals surface area contributed by atoms with Gasteiger partial charge < -0.3 is 20.1 Å². The molecule has 2 heterocycles. The number of likely N-dealkylation sites (N-methyl/N-ethyl adjacent to an activating group) is 1. The quantitative estimate of drug-likeness (QED) is 0.809. The zero-order chi connectivity index (χ0) is 12.4. The van der Waals surface area contributed by atoms with E-state index in [9.17, 15) is 9.90 Å². The van der Waals surface area contributed by atoms with Gasteiger partial charge in [0.1, 0.15) is 5.75 Å². The standard InChI is InChI=1S/C11H16N2O3S/c1-13(8-4-12-5-9(8)14)11(15)10-3-7(16-2)6-17-10/h3,6,8-9,12,14H,4-5H2,1-2H3/t8-,9-/m1/s1. The lowest BCUT2D eigenvalue weighted by Gasteiger charge is -2.25. The fourth-order valence-electron chi connectivity index (χ4n) is 1.91. The molecule has 1 aliphatic heterocycles. The predicted octanol–water partition coefficient (Wildman–Crippen LogP) is 0.161. The smallest absolute Gasteiger partial charge is 0.264 e. The molecule has 6 heteroatoms. The Hall–Kier alpha value is -1.11. The molecule has 2 rings (SSSR count). The number of hydrogen-bond donors (Lipinski definition) is 2. The number of thiophene rings is 1. The first-order valence-electron chi connectivity index (χ1n) is 5.42. The van der Waals surface area contributed by atoms with Crippen molar-refractivity contribution in [3.05, 3.63) is 16.3 Å².